The first kappa shape index (κ1) is 14.1. The molecular formula is C13H12ClN3O3. The number of nitrogens with one attached hydrogen (secondary N) is 2. The van der Waals surface area contributed by atoms with Crippen molar-refractivity contribution in [2.45, 2.75) is 0 Å². The summed E-state index contributed by atoms with van der Waals surface area (Å²) in [6, 6.07) is 7.21. The number of fused-ring (bicyclic) bond motifs is 1. The molecule has 3 N–H and O–H groups in total. The molecule has 0 bridgehead atoms. The SMILES string of the molecule is O=C(O)CNC(=O)CNc1nccc2ccc(Cl)cc12. The van der Waals surface area contributed by atoms with Crippen molar-refractivity contribution in [3.63, 3.8) is 0 Å². The van der Waals surface area contributed by atoms with Gasteiger partial charge in [-0.2, -0.15) is 0 Å². The number of aromatic nitrogens is 1. The van der Waals surface area contributed by atoms with Crippen LogP contribution in [0.3, 0.4) is 0 Å². The zero-order chi connectivity index (χ0) is 14.5. The number of amides is 1. The molecule has 0 atom stereocenters. The Morgan fingerprint density at radius 2 is 2.05 bits per heavy atom. The molecular weight excluding hydrogens is 282 g/mol. The molecule has 1 aromatic carbocycles. The third-order valence-electron chi connectivity index (χ3n) is 2.58. The first-order chi connectivity index (χ1) is 9.56. The molecule has 0 aliphatic rings. The number of benzene rings is 1. The summed E-state index contributed by atoms with van der Waals surface area (Å²) < 4.78 is 0. The van der Waals surface area contributed by atoms with Crippen LogP contribution >= 0.6 is 11.6 Å². The molecule has 7 heteroatoms. The topological polar surface area (TPSA) is 91.3 Å². The first-order valence-electron chi connectivity index (χ1n) is 5.83. The Bertz CT molecular complexity index is 660. The van der Waals surface area contributed by atoms with Crippen LogP contribution in [0.15, 0.2) is 30.5 Å². The van der Waals surface area contributed by atoms with Crippen LogP contribution in [0.2, 0.25) is 5.02 Å². The van der Waals surface area contributed by atoms with E-state index in [9.17, 15) is 9.59 Å². The number of pyridine rings is 1. The van der Waals surface area contributed by atoms with Crippen LogP contribution < -0.4 is 10.6 Å². The summed E-state index contributed by atoms with van der Waals surface area (Å²) in [6.07, 6.45) is 1.62. The molecule has 0 aliphatic carbocycles. The number of anilines is 1. The minimum atomic E-state index is -1.09. The van der Waals surface area contributed by atoms with Crippen molar-refractivity contribution in [3.05, 3.63) is 35.5 Å². The molecule has 1 amide bonds. The lowest BCUT2D eigenvalue weighted by Crippen LogP contribution is -2.34. The van der Waals surface area contributed by atoms with Gasteiger partial charge in [0.2, 0.25) is 5.91 Å². The van der Waals surface area contributed by atoms with Gasteiger partial charge in [0.25, 0.3) is 0 Å². The lowest BCUT2D eigenvalue weighted by atomic mass is 10.1. The minimum absolute atomic E-state index is 0.0636. The molecule has 2 aromatic rings. The van der Waals surface area contributed by atoms with E-state index in [-0.39, 0.29) is 6.54 Å². The summed E-state index contributed by atoms with van der Waals surface area (Å²) in [6.45, 7) is -0.471. The Balaban J connectivity index is 2.08. The summed E-state index contributed by atoms with van der Waals surface area (Å²) >= 11 is 5.94. The van der Waals surface area contributed by atoms with Crippen LogP contribution in [0.4, 0.5) is 5.82 Å². The third-order valence-corrected chi connectivity index (χ3v) is 2.82. The van der Waals surface area contributed by atoms with E-state index in [4.69, 9.17) is 16.7 Å². The molecule has 1 aromatic heterocycles. The average Bonchev–Trinajstić information content (AvgIpc) is 2.42. The van der Waals surface area contributed by atoms with E-state index in [1.807, 2.05) is 12.1 Å². The quantitative estimate of drug-likeness (QED) is 0.777. The van der Waals surface area contributed by atoms with Gasteiger partial charge < -0.3 is 15.7 Å². The molecule has 0 unspecified atom stereocenters. The van der Waals surface area contributed by atoms with Crippen molar-refractivity contribution >= 4 is 40.1 Å². The maximum Gasteiger partial charge on any atom is 0.322 e. The predicted molar refractivity (Wildman–Crippen MR) is 75.9 cm³/mol. The first-order valence-corrected chi connectivity index (χ1v) is 6.20. The van der Waals surface area contributed by atoms with Crippen molar-refractivity contribution in [1.29, 1.82) is 0 Å². The number of carbonyl (C=O) groups excluding carboxylic acids is 1. The smallest absolute Gasteiger partial charge is 0.322 e. The number of rotatable bonds is 5. The largest absolute Gasteiger partial charge is 0.480 e. The number of hydrogen-bond acceptors (Lipinski definition) is 4. The second kappa shape index (κ2) is 6.21. The summed E-state index contributed by atoms with van der Waals surface area (Å²) in [7, 11) is 0. The van der Waals surface area contributed by atoms with Crippen molar-refractivity contribution in [2.75, 3.05) is 18.4 Å². The van der Waals surface area contributed by atoms with Gasteiger partial charge >= 0.3 is 5.97 Å². The predicted octanol–water partition coefficient (Wildman–Crippen LogP) is 1.50. The molecule has 0 fully saturated rings. The van der Waals surface area contributed by atoms with Crippen molar-refractivity contribution < 1.29 is 14.7 Å². The van der Waals surface area contributed by atoms with Crippen LogP contribution in [-0.4, -0.2) is 35.1 Å². The van der Waals surface area contributed by atoms with E-state index in [1.165, 1.54) is 0 Å². The average molecular weight is 294 g/mol. The molecule has 1 heterocycles. The van der Waals surface area contributed by atoms with Gasteiger partial charge in [-0.3, -0.25) is 9.59 Å². The van der Waals surface area contributed by atoms with Gasteiger partial charge in [-0.1, -0.05) is 17.7 Å². The summed E-state index contributed by atoms with van der Waals surface area (Å²) in [5.74, 6) is -0.989. The highest BCUT2D eigenvalue weighted by molar-refractivity contribution is 6.31. The number of hydrogen-bond donors (Lipinski definition) is 3. The molecule has 20 heavy (non-hydrogen) atoms. The summed E-state index contributed by atoms with van der Waals surface area (Å²) in [4.78, 5) is 25.9. The van der Waals surface area contributed by atoms with E-state index < -0.39 is 18.4 Å². The maximum absolute atomic E-state index is 11.4. The van der Waals surface area contributed by atoms with Gasteiger partial charge in [0.15, 0.2) is 0 Å². The second-order valence-corrected chi connectivity index (χ2v) is 4.49. The lowest BCUT2D eigenvalue weighted by molar-refractivity contribution is -0.137. The summed E-state index contributed by atoms with van der Waals surface area (Å²) in [5.41, 5.74) is 0. The highest BCUT2D eigenvalue weighted by Gasteiger charge is 2.06. The summed E-state index contributed by atoms with van der Waals surface area (Å²) in [5, 5.41) is 15.9. The van der Waals surface area contributed by atoms with Gasteiger partial charge in [0.1, 0.15) is 12.4 Å². The van der Waals surface area contributed by atoms with E-state index in [1.54, 1.807) is 18.3 Å². The number of carboxylic acid groups (broad SMARTS) is 1. The van der Waals surface area contributed by atoms with E-state index in [0.717, 1.165) is 10.8 Å². The third kappa shape index (κ3) is 3.58. The molecule has 0 saturated heterocycles. The van der Waals surface area contributed by atoms with E-state index in [2.05, 4.69) is 15.6 Å². The fourth-order valence-electron chi connectivity index (χ4n) is 1.68. The van der Waals surface area contributed by atoms with E-state index >= 15 is 0 Å². The molecule has 0 aliphatic heterocycles. The Kier molecular flexibility index (Phi) is 4.37. The number of carbonyl (C=O) groups is 2. The highest BCUT2D eigenvalue weighted by Crippen LogP contribution is 2.24. The van der Waals surface area contributed by atoms with Crippen LogP contribution in [0, 0.1) is 0 Å². The van der Waals surface area contributed by atoms with Gasteiger partial charge in [-0.15, -0.1) is 0 Å². The van der Waals surface area contributed by atoms with Crippen molar-refractivity contribution in [1.82, 2.24) is 10.3 Å². The van der Waals surface area contributed by atoms with Crippen LogP contribution in [0.5, 0.6) is 0 Å². The van der Waals surface area contributed by atoms with Crippen LogP contribution in [0.25, 0.3) is 10.8 Å². The molecule has 0 saturated carbocycles. The maximum atomic E-state index is 11.4. The normalized spacial score (nSPS) is 10.2. The zero-order valence-corrected chi connectivity index (χ0v) is 11.1. The zero-order valence-electron chi connectivity index (χ0n) is 10.4. The molecule has 6 nitrogen and oxygen atoms in total. The van der Waals surface area contributed by atoms with Gasteiger partial charge in [0.05, 0.1) is 6.54 Å². The van der Waals surface area contributed by atoms with Crippen LogP contribution in [-0.2, 0) is 9.59 Å². The second-order valence-electron chi connectivity index (χ2n) is 4.05. The molecule has 0 radical (unpaired) electrons. The Labute approximate surface area is 119 Å². The number of nitrogens with zero attached hydrogens (tertiary/aromatic N) is 1. The Hall–Kier alpha value is -2.34. The number of carboxylic acids is 1. The highest BCUT2D eigenvalue weighted by atomic mass is 35.5. The van der Waals surface area contributed by atoms with Crippen molar-refractivity contribution in [3.8, 4) is 0 Å². The molecule has 0 spiro atoms. The standard InChI is InChI=1S/C13H12ClN3O3/c14-9-2-1-8-3-4-15-13(10(8)5-9)17-6-11(18)16-7-12(19)20/h1-5H,6-7H2,(H,15,17)(H,16,18)(H,19,20). The Morgan fingerprint density at radius 1 is 1.25 bits per heavy atom. The fraction of sp³-hybridized carbons (Fsp3) is 0.154. The monoisotopic (exact) mass is 293 g/mol. The van der Waals surface area contributed by atoms with Gasteiger partial charge in [0, 0.05) is 16.6 Å². The van der Waals surface area contributed by atoms with Gasteiger partial charge in [-0.05, 0) is 23.6 Å². The van der Waals surface area contributed by atoms with Gasteiger partial charge in [-0.25, -0.2) is 4.98 Å². The minimum Gasteiger partial charge on any atom is -0.480 e. The number of halogens is 1. The number of aliphatic carboxylic acids is 1. The van der Waals surface area contributed by atoms with Crippen molar-refractivity contribution in [2.24, 2.45) is 0 Å². The lowest BCUT2D eigenvalue weighted by Gasteiger charge is -2.08. The fourth-order valence-corrected chi connectivity index (χ4v) is 1.85. The molecule has 104 valence electrons. The van der Waals surface area contributed by atoms with Crippen LogP contribution in [0.1, 0.15) is 0 Å². The van der Waals surface area contributed by atoms with E-state index in [0.29, 0.717) is 10.8 Å². The molecule has 2 rings (SSSR count). The Morgan fingerprint density at radius 3 is 2.80 bits per heavy atom.